The summed E-state index contributed by atoms with van der Waals surface area (Å²) in [6.07, 6.45) is 11.4. The third kappa shape index (κ3) is 23.9. The van der Waals surface area contributed by atoms with Gasteiger partial charge in [-0.15, -0.1) is 5.10 Å². The first kappa shape index (κ1) is 61.6. The Balaban J connectivity index is 0.000000247. The van der Waals surface area contributed by atoms with E-state index in [-0.39, 0.29) is 41.7 Å². The second-order valence-electron chi connectivity index (χ2n) is 15.4. The summed E-state index contributed by atoms with van der Waals surface area (Å²) in [5, 5.41) is 49.2. The van der Waals surface area contributed by atoms with Crippen LogP contribution in [0.4, 0.5) is 49.6 Å². The molecule has 408 valence electrons. The molecule has 0 aromatic carbocycles. The zero-order valence-electron chi connectivity index (χ0n) is 41.0. The lowest BCUT2D eigenvalue weighted by Crippen LogP contribution is -2.21. The van der Waals surface area contributed by atoms with Gasteiger partial charge in [0.05, 0.1) is 60.1 Å². The van der Waals surface area contributed by atoms with Crippen molar-refractivity contribution in [3.63, 3.8) is 0 Å². The molecule has 4 atom stereocenters. The van der Waals surface area contributed by atoms with Gasteiger partial charge in [0, 0.05) is 68.0 Å². The van der Waals surface area contributed by atoms with Crippen LogP contribution in [0.2, 0.25) is 0 Å². The largest absolute Gasteiger partial charge is 0.413 e. The second kappa shape index (κ2) is 29.9. The van der Waals surface area contributed by atoms with Gasteiger partial charge in [-0.25, -0.2) is 0 Å². The molecule has 0 bridgehead atoms. The Kier molecular flexibility index (Phi) is 24.2. The number of aromatic nitrogens is 12. The molecule has 0 aliphatic heterocycles. The lowest BCUT2D eigenvalue weighted by Gasteiger charge is -2.12. The number of hydrogen-bond donors (Lipinski definition) is 4. The highest BCUT2D eigenvalue weighted by Gasteiger charge is 2.30. The minimum Gasteiger partial charge on any atom is -0.389 e. The van der Waals surface area contributed by atoms with E-state index in [2.05, 4.69) is 61.9 Å². The summed E-state index contributed by atoms with van der Waals surface area (Å²) in [5.41, 5.74) is 9.62. The fourth-order valence-corrected chi connectivity index (χ4v) is 5.95. The minimum absolute atomic E-state index is 0.0447. The van der Waals surface area contributed by atoms with E-state index in [1.54, 1.807) is 96.5 Å². The first-order chi connectivity index (χ1) is 35.7. The number of hydrogen-bond acceptors (Lipinski definition) is 18. The zero-order chi connectivity index (χ0) is 56.5. The molecule has 8 rings (SSSR count). The Labute approximate surface area is 430 Å². The van der Waals surface area contributed by atoms with Crippen molar-refractivity contribution in [2.24, 2.45) is 0 Å². The normalized spacial score (nSPS) is 12.5. The van der Waals surface area contributed by atoms with Gasteiger partial charge in [0.15, 0.2) is 6.61 Å². The highest BCUT2D eigenvalue weighted by Crippen LogP contribution is 2.21. The van der Waals surface area contributed by atoms with Crippen LogP contribution in [0, 0.1) is 20.2 Å². The standard InChI is InChI=1S/C12H13F3N4.C10H10N4O2.C10H12N4.C7H9NO.C3H5F3O3S.C3H3N3O2/c1-9(10-2-5-16-6-3-10)19-7-4-11(18-19)17-8-12(13,14)15;1-8(9-2-5-11-6-3-9)13-7-4-10(12-13)14(15)16;1-8(9-2-5-12-6-3-9)14-7-4-10(11)13-14;1-6(9)7-2-4-8-5-3-7;1-10(7,8)9-2-3(4,5)6;7-6(8)3-1-2-4-5-3/h2-7,9H,8H2,1H3,(H,17,18);2-8H,1H3;2-8H,1H3,(H2,11,13);2-6,9H,1H3;2H2,1H3;1-2H,(H,4,5)/t9-;2*8-;6-;;/m0001../s1. The molecular weight excluding hydrogens is 1040 g/mol. The van der Waals surface area contributed by atoms with Crippen LogP contribution in [0.1, 0.15) is 74.2 Å². The maximum absolute atomic E-state index is 12.1. The van der Waals surface area contributed by atoms with Gasteiger partial charge in [0.2, 0.25) is 0 Å². The number of aliphatic hydroxyl groups is 1. The summed E-state index contributed by atoms with van der Waals surface area (Å²) < 4.78 is 98.2. The minimum atomic E-state index is -4.59. The van der Waals surface area contributed by atoms with E-state index in [1.807, 2.05) is 61.1 Å². The Morgan fingerprint density at radius 2 is 1.05 bits per heavy atom. The molecule has 24 nitrogen and oxygen atoms in total. The number of aromatic amines is 1. The molecule has 76 heavy (non-hydrogen) atoms. The highest BCUT2D eigenvalue weighted by molar-refractivity contribution is 7.86. The summed E-state index contributed by atoms with van der Waals surface area (Å²) >= 11 is 0. The third-order valence-corrected chi connectivity index (χ3v) is 10.1. The fourth-order valence-electron chi connectivity index (χ4n) is 5.60. The maximum Gasteiger partial charge on any atom is 0.413 e. The fraction of sp³-hybridized carbons (Fsp3) is 0.289. The molecule has 8 heterocycles. The average Bonchev–Trinajstić information content (AvgIpc) is 4.26. The van der Waals surface area contributed by atoms with E-state index in [4.69, 9.17) is 10.8 Å². The van der Waals surface area contributed by atoms with Gasteiger partial charge in [0.25, 0.3) is 10.1 Å². The van der Waals surface area contributed by atoms with Crippen molar-refractivity contribution in [3.8, 4) is 0 Å². The van der Waals surface area contributed by atoms with E-state index in [1.165, 1.54) is 30.0 Å². The molecule has 0 amide bonds. The number of H-pyrrole nitrogens is 1. The number of nitrogen functional groups attached to an aromatic ring is 1. The van der Waals surface area contributed by atoms with Gasteiger partial charge in [-0.1, -0.05) is 5.10 Å². The molecule has 0 saturated heterocycles. The molecule has 5 N–H and O–H groups in total. The summed E-state index contributed by atoms with van der Waals surface area (Å²) in [6, 6.07) is 21.0. The van der Waals surface area contributed by atoms with Crippen LogP contribution in [0.3, 0.4) is 0 Å². The van der Waals surface area contributed by atoms with Crippen LogP contribution in [-0.4, -0.2) is 115 Å². The number of aliphatic hydroxyl groups excluding tert-OH is 1. The summed E-state index contributed by atoms with van der Waals surface area (Å²) in [4.78, 5) is 34.9. The zero-order valence-corrected chi connectivity index (χ0v) is 41.8. The molecule has 0 fully saturated rings. The Morgan fingerprint density at radius 3 is 1.36 bits per heavy atom. The van der Waals surface area contributed by atoms with Crippen molar-refractivity contribution >= 4 is 33.4 Å². The SMILES string of the molecule is CS(=O)(=O)OCC(F)(F)F.C[C@@H](O)c1ccncc1.C[C@@H](c1ccncc1)n1ccc(N)n1.C[C@@H](c1ccncc1)n1ccc(NCC(F)(F)F)n1.C[C@@H](c1ccncc1)n1ccc([N+](=O)[O-])n1.O=[N+]([O-])c1ccn[nH]1. The monoisotopic (exact) mass is 1090 g/mol. The van der Waals surface area contributed by atoms with Crippen LogP contribution in [0.15, 0.2) is 147 Å². The van der Waals surface area contributed by atoms with Crippen LogP contribution in [-0.2, 0) is 14.3 Å². The van der Waals surface area contributed by atoms with Crippen LogP contribution < -0.4 is 11.1 Å². The third-order valence-electron chi connectivity index (χ3n) is 9.55. The van der Waals surface area contributed by atoms with Crippen LogP contribution in [0.5, 0.6) is 0 Å². The number of nitrogens with zero attached hydrogens (tertiary/aromatic N) is 13. The van der Waals surface area contributed by atoms with Crippen molar-refractivity contribution in [1.82, 2.24) is 59.5 Å². The predicted molar refractivity (Wildman–Crippen MR) is 263 cm³/mol. The molecule has 0 saturated carbocycles. The van der Waals surface area contributed by atoms with Gasteiger partial charge in [-0.3, -0.25) is 33.5 Å². The molecule has 8 aromatic rings. The van der Waals surface area contributed by atoms with Crippen molar-refractivity contribution in [2.45, 2.75) is 64.3 Å². The van der Waals surface area contributed by atoms with Crippen molar-refractivity contribution in [1.29, 1.82) is 0 Å². The highest BCUT2D eigenvalue weighted by atomic mass is 32.2. The van der Waals surface area contributed by atoms with Gasteiger partial charge in [-0.05, 0) is 114 Å². The van der Waals surface area contributed by atoms with E-state index in [0.717, 1.165) is 16.7 Å². The summed E-state index contributed by atoms with van der Waals surface area (Å²) in [6.45, 7) is 4.79. The smallest absolute Gasteiger partial charge is 0.389 e. The van der Waals surface area contributed by atoms with Crippen molar-refractivity contribution < 1.29 is 53.9 Å². The van der Waals surface area contributed by atoms with Gasteiger partial charge in [0.1, 0.15) is 18.2 Å². The quantitative estimate of drug-likeness (QED) is 0.0366. The molecule has 0 radical (unpaired) electrons. The van der Waals surface area contributed by atoms with E-state index in [9.17, 15) is 55.0 Å². The lowest BCUT2D eigenvalue weighted by atomic mass is 10.1. The lowest BCUT2D eigenvalue weighted by molar-refractivity contribution is -0.389. The number of anilines is 2. The number of rotatable bonds is 13. The van der Waals surface area contributed by atoms with Gasteiger partial charge >= 0.3 is 24.0 Å². The van der Waals surface area contributed by atoms with Crippen LogP contribution in [0.25, 0.3) is 0 Å². The number of nitrogens with one attached hydrogen (secondary N) is 2. The van der Waals surface area contributed by atoms with Crippen molar-refractivity contribution in [2.75, 3.05) is 30.5 Å². The number of nitro groups is 2. The molecule has 0 spiro atoms. The number of nitrogens with two attached hydrogens (primary N) is 1. The van der Waals surface area contributed by atoms with Gasteiger partial charge in [-0.2, -0.15) is 49.6 Å². The maximum atomic E-state index is 12.1. The summed E-state index contributed by atoms with van der Waals surface area (Å²) in [7, 11) is -3.98. The second-order valence-corrected chi connectivity index (χ2v) is 17.0. The number of halogens is 6. The molecule has 0 unspecified atom stereocenters. The number of pyridine rings is 4. The first-order valence-corrected chi connectivity index (χ1v) is 23.7. The molecule has 0 aliphatic rings. The molecule has 8 aromatic heterocycles. The van der Waals surface area contributed by atoms with E-state index < -0.39 is 45.5 Å². The van der Waals surface area contributed by atoms with E-state index in [0.29, 0.717) is 12.1 Å². The molecular formula is C45H52F6N16O8S. The number of alkyl halides is 6. The molecule has 31 heteroatoms. The van der Waals surface area contributed by atoms with Crippen LogP contribution >= 0.6 is 0 Å². The van der Waals surface area contributed by atoms with Crippen molar-refractivity contribution in [3.05, 3.63) is 190 Å². The average molecular weight is 1090 g/mol. The Morgan fingerprint density at radius 1 is 0.632 bits per heavy atom. The van der Waals surface area contributed by atoms with Gasteiger partial charge < -0.3 is 36.4 Å². The predicted octanol–water partition coefficient (Wildman–Crippen LogP) is 8.10. The molecule has 0 aliphatic carbocycles. The summed E-state index contributed by atoms with van der Waals surface area (Å²) in [5.74, 6) is 0.537. The van der Waals surface area contributed by atoms with E-state index >= 15 is 0 Å². The topological polar surface area (TPSA) is 322 Å². The Bertz CT molecular complexity index is 3010. The Hall–Kier alpha value is -8.71. The first-order valence-electron chi connectivity index (χ1n) is 21.9.